The lowest BCUT2D eigenvalue weighted by atomic mass is 9.98. The molecule has 1 heterocycles. The Morgan fingerprint density at radius 1 is 1.19 bits per heavy atom. The van der Waals surface area contributed by atoms with Crippen molar-refractivity contribution in [2.24, 2.45) is 5.73 Å². The van der Waals surface area contributed by atoms with E-state index >= 15 is 0 Å². The maximum atomic E-state index is 6.40. The molecule has 0 amide bonds. The summed E-state index contributed by atoms with van der Waals surface area (Å²) in [6.07, 6.45) is 2.77. The molecule has 21 heavy (non-hydrogen) atoms. The van der Waals surface area contributed by atoms with Crippen molar-refractivity contribution in [3.05, 3.63) is 52.3 Å². The topological polar surface area (TPSA) is 43.8 Å². The van der Waals surface area contributed by atoms with Gasteiger partial charge in [-0.25, -0.2) is 0 Å². The summed E-state index contributed by atoms with van der Waals surface area (Å²) < 4.78 is 2.10. The van der Waals surface area contributed by atoms with Crippen LogP contribution in [0.5, 0.6) is 0 Å². The van der Waals surface area contributed by atoms with E-state index < -0.39 is 0 Å². The summed E-state index contributed by atoms with van der Waals surface area (Å²) >= 11 is 6.16. The molecule has 0 radical (unpaired) electrons. The van der Waals surface area contributed by atoms with Crippen LogP contribution in [0.25, 0.3) is 0 Å². The minimum absolute atomic E-state index is 0.0124. The van der Waals surface area contributed by atoms with Crippen LogP contribution in [0.15, 0.2) is 30.3 Å². The highest BCUT2D eigenvalue weighted by Gasteiger charge is 2.24. The second-order valence-corrected chi connectivity index (χ2v) is 5.79. The van der Waals surface area contributed by atoms with Gasteiger partial charge >= 0.3 is 0 Å². The normalized spacial score (nSPS) is 14.1. The molecule has 1 aromatic carbocycles. The standard InChI is InChI=1S/C17H24ClN3/c1-4-14-11-15(5-2)21(20-14)17(16(19)6-3)12-8-7-9-13(18)10-12/h7-11,16-17H,4-6,19H2,1-3H3. The van der Waals surface area contributed by atoms with Crippen molar-refractivity contribution >= 4 is 11.6 Å². The van der Waals surface area contributed by atoms with E-state index in [-0.39, 0.29) is 12.1 Å². The second kappa shape index (κ2) is 7.10. The molecule has 2 N–H and O–H groups in total. The first-order chi connectivity index (χ1) is 10.1. The van der Waals surface area contributed by atoms with Gasteiger partial charge in [0.2, 0.25) is 0 Å². The highest BCUT2D eigenvalue weighted by molar-refractivity contribution is 6.30. The molecule has 0 saturated heterocycles. The fourth-order valence-corrected chi connectivity index (χ4v) is 2.85. The van der Waals surface area contributed by atoms with Crippen molar-refractivity contribution in [2.75, 3.05) is 0 Å². The molecule has 2 rings (SSSR count). The molecule has 2 aromatic rings. The predicted molar refractivity (Wildman–Crippen MR) is 88.8 cm³/mol. The molecule has 0 aliphatic heterocycles. The number of aromatic nitrogens is 2. The minimum atomic E-state index is 0.0124. The molecule has 2 atom stereocenters. The smallest absolute Gasteiger partial charge is 0.0922 e. The zero-order valence-electron chi connectivity index (χ0n) is 13.0. The number of hydrogen-bond acceptors (Lipinski definition) is 2. The maximum Gasteiger partial charge on any atom is 0.0922 e. The van der Waals surface area contributed by atoms with Crippen LogP contribution < -0.4 is 5.73 Å². The maximum absolute atomic E-state index is 6.40. The second-order valence-electron chi connectivity index (χ2n) is 5.35. The first kappa shape index (κ1) is 16.1. The molecule has 0 aliphatic carbocycles. The number of rotatable bonds is 6. The lowest BCUT2D eigenvalue weighted by molar-refractivity contribution is 0.411. The van der Waals surface area contributed by atoms with Crippen molar-refractivity contribution in [2.45, 2.75) is 52.1 Å². The Bertz CT molecular complexity index is 591. The van der Waals surface area contributed by atoms with Crippen LogP contribution in [0, 0.1) is 0 Å². The molecule has 0 fully saturated rings. The highest BCUT2D eigenvalue weighted by Crippen LogP contribution is 2.27. The zero-order chi connectivity index (χ0) is 15.4. The number of aryl methyl sites for hydroxylation is 2. The summed E-state index contributed by atoms with van der Waals surface area (Å²) in [6.45, 7) is 6.39. The van der Waals surface area contributed by atoms with Gasteiger partial charge in [0.25, 0.3) is 0 Å². The minimum Gasteiger partial charge on any atom is -0.326 e. The van der Waals surface area contributed by atoms with Gasteiger partial charge in [-0.05, 0) is 43.0 Å². The van der Waals surface area contributed by atoms with Gasteiger partial charge in [-0.1, -0.05) is 44.5 Å². The summed E-state index contributed by atoms with van der Waals surface area (Å²) in [5.41, 5.74) is 9.86. The van der Waals surface area contributed by atoms with Crippen molar-refractivity contribution in [1.82, 2.24) is 9.78 Å². The van der Waals surface area contributed by atoms with Crippen LogP contribution >= 0.6 is 11.6 Å². The van der Waals surface area contributed by atoms with E-state index in [1.54, 1.807) is 0 Å². The van der Waals surface area contributed by atoms with Crippen LogP contribution in [0.3, 0.4) is 0 Å². The van der Waals surface area contributed by atoms with Gasteiger partial charge in [0.15, 0.2) is 0 Å². The molecule has 114 valence electrons. The third-order valence-electron chi connectivity index (χ3n) is 3.92. The first-order valence-electron chi connectivity index (χ1n) is 7.69. The predicted octanol–water partition coefficient (Wildman–Crippen LogP) is 3.99. The average Bonchev–Trinajstić information content (AvgIpc) is 2.90. The van der Waals surface area contributed by atoms with Crippen molar-refractivity contribution in [3.63, 3.8) is 0 Å². The highest BCUT2D eigenvalue weighted by atomic mass is 35.5. The summed E-state index contributed by atoms with van der Waals surface area (Å²) in [4.78, 5) is 0. The first-order valence-corrected chi connectivity index (χ1v) is 8.06. The Morgan fingerprint density at radius 3 is 2.52 bits per heavy atom. The fraction of sp³-hybridized carbons (Fsp3) is 0.471. The van der Waals surface area contributed by atoms with E-state index in [0.29, 0.717) is 0 Å². The Kier molecular flexibility index (Phi) is 5.43. The largest absolute Gasteiger partial charge is 0.326 e. The monoisotopic (exact) mass is 305 g/mol. The molecular weight excluding hydrogens is 282 g/mol. The van der Waals surface area contributed by atoms with Crippen molar-refractivity contribution < 1.29 is 0 Å². The Morgan fingerprint density at radius 2 is 1.95 bits per heavy atom. The molecule has 0 spiro atoms. The average molecular weight is 306 g/mol. The van der Waals surface area contributed by atoms with Gasteiger partial charge in [-0.15, -0.1) is 0 Å². The third-order valence-corrected chi connectivity index (χ3v) is 4.15. The summed E-state index contributed by atoms with van der Waals surface area (Å²) in [5, 5.41) is 5.51. The van der Waals surface area contributed by atoms with Gasteiger partial charge in [0, 0.05) is 16.8 Å². The number of nitrogens with zero attached hydrogens (tertiary/aromatic N) is 2. The molecule has 0 aliphatic rings. The lowest BCUT2D eigenvalue weighted by Gasteiger charge is -2.26. The van der Waals surface area contributed by atoms with Crippen LogP contribution in [0.2, 0.25) is 5.02 Å². The van der Waals surface area contributed by atoms with Crippen LogP contribution in [0.1, 0.15) is 50.2 Å². The zero-order valence-corrected chi connectivity index (χ0v) is 13.8. The van der Waals surface area contributed by atoms with Crippen molar-refractivity contribution in [3.8, 4) is 0 Å². The molecule has 0 bridgehead atoms. The van der Waals surface area contributed by atoms with Crippen LogP contribution in [0.4, 0.5) is 0 Å². The van der Waals surface area contributed by atoms with Gasteiger partial charge in [0.05, 0.1) is 11.7 Å². The SMILES string of the molecule is CCc1cc(CC)n(C(c2cccc(Cl)c2)C(N)CC)n1. The van der Waals surface area contributed by atoms with E-state index in [1.165, 1.54) is 5.69 Å². The third kappa shape index (κ3) is 3.47. The van der Waals surface area contributed by atoms with E-state index in [0.717, 1.165) is 35.5 Å². The molecule has 3 nitrogen and oxygen atoms in total. The summed E-state index contributed by atoms with van der Waals surface area (Å²) in [7, 11) is 0. The van der Waals surface area contributed by atoms with Gasteiger partial charge in [-0.2, -0.15) is 5.10 Å². The number of nitrogens with two attached hydrogens (primary N) is 1. The van der Waals surface area contributed by atoms with Gasteiger partial charge in [0.1, 0.15) is 0 Å². The Balaban J connectivity index is 2.52. The number of benzene rings is 1. The molecule has 0 saturated carbocycles. The number of hydrogen-bond donors (Lipinski definition) is 1. The van der Waals surface area contributed by atoms with E-state index in [2.05, 4.69) is 37.6 Å². The molecule has 1 aromatic heterocycles. The summed E-state index contributed by atoms with van der Waals surface area (Å²) in [5.74, 6) is 0. The summed E-state index contributed by atoms with van der Waals surface area (Å²) in [6, 6.07) is 10.2. The lowest BCUT2D eigenvalue weighted by Crippen LogP contribution is -2.34. The molecule has 4 heteroatoms. The van der Waals surface area contributed by atoms with Gasteiger partial charge in [-0.3, -0.25) is 4.68 Å². The van der Waals surface area contributed by atoms with Crippen LogP contribution in [-0.2, 0) is 12.8 Å². The van der Waals surface area contributed by atoms with Gasteiger partial charge < -0.3 is 5.73 Å². The quantitative estimate of drug-likeness (QED) is 0.877. The molecular formula is C17H24ClN3. The Labute approximate surface area is 132 Å². The van der Waals surface area contributed by atoms with E-state index in [9.17, 15) is 0 Å². The molecule has 2 unspecified atom stereocenters. The van der Waals surface area contributed by atoms with Crippen molar-refractivity contribution in [1.29, 1.82) is 0 Å². The van der Waals surface area contributed by atoms with Crippen LogP contribution in [-0.4, -0.2) is 15.8 Å². The number of halogens is 1. The fourth-order valence-electron chi connectivity index (χ4n) is 2.65. The Hall–Kier alpha value is -1.32. The van der Waals surface area contributed by atoms with E-state index in [1.807, 2.05) is 18.2 Å². The van der Waals surface area contributed by atoms with E-state index in [4.69, 9.17) is 22.4 Å².